The average molecular weight is 260 g/mol. The van der Waals surface area contributed by atoms with Crippen LogP contribution in [0, 0.1) is 6.92 Å². The van der Waals surface area contributed by atoms with E-state index in [1.54, 1.807) is 36.3 Å². The third-order valence-electron chi connectivity index (χ3n) is 2.68. The third-order valence-corrected chi connectivity index (χ3v) is 2.68. The highest BCUT2D eigenvalue weighted by atomic mass is 16.3. The van der Waals surface area contributed by atoms with E-state index in [0.29, 0.717) is 18.8 Å². The maximum atomic E-state index is 11.9. The molecule has 2 rings (SSSR count). The van der Waals surface area contributed by atoms with Gasteiger partial charge in [-0.2, -0.15) is 5.10 Å². The minimum absolute atomic E-state index is 0.00605. The van der Waals surface area contributed by atoms with Crippen LogP contribution in [0.25, 0.3) is 0 Å². The lowest BCUT2D eigenvalue weighted by atomic mass is 10.1. The summed E-state index contributed by atoms with van der Waals surface area (Å²) in [6, 6.07) is 4.96. The SMILES string of the molecule is Cc1ccc(C(=O)NCCc2ncn(C)n2)c(O)c1. The highest BCUT2D eigenvalue weighted by Crippen LogP contribution is 2.17. The molecule has 0 bridgehead atoms. The summed E-state index contributed by atoms with van der Waals surface area (Å²) in [5.74, 6) is 0.373. The number of hydrogen-bond donors (Lipinski definition) is 2. The van der Waals surface area contributed by atoms with Gasteiger partial charge in [0.15, 0.2) is 5.82 Å². The van der Waals surface area contributed by atoms with Crippen LogP contribution < -0.4 is 5.32 Å². The molecule has 6 nitrogen and oxygen atoms in total. The van der Waals surface area contributed by atoms with Crippen molar-refractivity contribution in [2.24, 2.45) is 7.05 Å². The molecule has 0 radical (unpaired) electrons. The third kappa shape index (κ3) is 3.31. The van der Waals surface area contributed by atoms with E-state index in [4.69, 9.17) is 0 Å². The molecule has 0 spiro atoms. The maximum absolute atomic E-state index is 11.9. The van der Waals surface area contributed by atoms with Gasteiger partial charge in [-0.25, -0.2) is 4.98 Å². The van der Waals surface area contributed by atoms with Gasteiger partial charge in [0.2, 0.25) is 0 Å². The van der Waals surface area contributed by atoms with Crippen LogP contribution in [0.15, 0.2) is 24.5 Å². The molecule has 0 saturated carbocycles. The Labute approximate surface area is 111 Å². The minimum atomic E-state index is -0.298. The summed E-state index contributed by atoms with van der Waals surface area (Å²) in [5, 5.41) is 16.5. The summed E-state index contributed by atoms with van der Waals surface area (Å²) < 4.78 is 1.61. The molecule has 1 heterocycles. The molecule has 100 valence electrons. The number of aromatic nitrogens is 3. The first-order valence-corrected chi connectivity index (χ1v) is 5.98. The molecule has 0 aliphatic heterocycles. The number of hydrogen-bond acceptors (Lipinski definition) is 4. The average Bonchev–Trinajstić information content (AvgIpc) is 2.75. The van der Waals surface area contributed by atoms with Crippen LogP contribution in [-0.4, -0.2) is 32.3 Å². The van der Waals surface area contributed by atoms with Crippen LogP contribution in [0.2, 0.25) is 0 Å². The summed E-state index contributed by atoms with van der Waals surface area (Å²) in [5.41, 5.74) is 1.19. The van der Waals surface area contributed by atoms with Gasteiger partial charge in [-0.1, -0.05) is 6.07 Å². The number of phenolic OH excluding ortho intramolecular Hbond substituents is 1. The van der Waals surface area contributed by atoms with Crippen molar-refractivity contribution in [3.63, 3.8) is 0 Å². The number of phenols is 1. The van der Waals surface area contributed by atoms with E-state index < -0.39 is 0 Å². The molecule has 0 aliphatic carbocycles. The Hall–Kier alpha value is -2.37. The maximum Gasteiger partial charge on any atom is 0.255 e. The molecule has 1 amide bonds. The topological polar surface area (TPSA) is 80.0 Å². The van der Waals surface area contributed by atoms with Gasteiger partial charge < -0.3 is 10.4 Å². The zero-order valence-electron chi connectivity index (χ0n) is 10.9. The van der Waals surface area contributed by atoms with Crippen LogP contribution in [0.4, 0.5) is 0 Å². The van der Waals surface area contributed by atoms with Crippen LogP contribution in [0.3, 0.4) is 0 Å². The van der Waals surface area contributed by atoms with Crippen molar-refractivity contribution in [3.05, 3.63) is 41.5 Å². The van der Waals surface area contributed by atoms with Crippen molar-refractivity contribution >= 4 is 5.91 Å². The molecule has 1 aromatic carbocycles. The number of benzene rings is 1. The fourth-order valence-electron chi connectivity index (χ4n) is 1.72. The van der Waals surface area contributed by atoms with E-state index >= 15 is 0 Å². The number of carbonyl (C=O) groups is 1. The van der Waals surface area contributed by atoms with Gasteiger partial charge in [0.05, 0.1) is 5.56 Å². The fourth-order valence-corrected chi connectivity index (χ4v) is 1.72. The second-order valence-corrected chi connectivity index (χ2v) is 4.36. The van der Waals surface area contributed by atoms with E-state index in [2.05, 4.69) is 15.4 Å². The van der Waals surface area contributed by atoms with Crippen molar-refractivity contribution in [2.75, 3.05) is 6.54 Å². The second kappa shape index (κ2) is 5.51. The van der Waals surface area contributed by atoms with Crippen molar-refractivity contribution in [1.82, 2.24) is 20.1 Å². The second-order valence-electron chi connectivity index (χ2n) is 4.36. The largest absolute Gasteiger partial charge is 0.507 e. The minimum Gasteiger partial charge on any atom is -0.507 e. The number of nitrogens with one attached hydrogen (secondary N) is 1. The summed E-state index contributed by atoms with van der Waals surface area (Å²) >= 11 is 0. The predicted octanol–water partition coefficient (Wildman–Crippen LogP) is 0.802. The lowest BCUT2D eigenvalue weighted by Gasteiger charge is -2.06. The normalized spacial score (nSPS) is 10.4. The summed E-state index contributed by atoms with van der Waals surface area (Å²) in [6.07, 6.45) is 2.17. The van der Waals surface area contributed by atoms with E-state index in [0.717, 1.165) is 5.56 Å². The Morgan fingerprint density at radius 1 is 1.47 bits per heavy atom. The van der Waals surface area contributed by atoms with E-state index in [1.165, 1.54) is 0 Å². The van der Waals surface area contributed by atoms with Gasteiger partial charge in [-0.15, -0.1) is 0 Å². The van der Waals surface area contributed by atoms with Gasteiger partial charge in [0.1, 0.15) is 12.1 Å². The van der Waals surface area contributed by atoms with E-state index in [1.807, 2.05) is 6.92 Å². The summed E-state index contributed by atoms with van der Waals surface area (Å²) in [4.78, 5) is 15.9. The number of amides is 1. The first-order valence-electron chi connectivity index (χ1n) is 5.98. The number of aryl methyl sites for hydroxylation is 2. The van der Waals surface area contributed by atoms with Crippen LogP contribution in [-0.2, 0) is 13.5 Å². The Morgan fingerprint density at radius 2 is 2.26 bits per heavy atom. The lowest BCUT2D eigenvalue weighted by molar-refractivity contribution is 0.0951. The van der Waals surface area contributed by atoms with Crippen LogP contribution in [0.5, 0.6) is 5.75 Å². The first kappa shape index (κ1) is 13.1. The molecule has 2 N–H and O–H groups in total. The van der Waals surface area contributed by atoms with E-state index in [9.17, 15) is 9.90 Å². The monoisotopic (exact) mass is 260 g/mol. The molecular formula is C13H16N4O2. The molecule has 2 aromatic rings. The Balaban J connectivity index is 1.90. The number of carbonyl (C=O) groups excluding carboxylic acids is 1. The predicted molar refractivity (Wildman–Crippen MR) is 69.9 cm³/mol. The molecule has 0 unspecified atom stereocenters. The Kier molecular flexibility index (Phi) is 3.79. The Morgan fingerprint density at radius 3 is 2.89 bits per heavy atom. The first-order chi connectivity index (χ1) is 9.06. The number of aromatic hydroxyl groups is 1. The van der Waals surface area contributed by atoms with Gasteiger partial charge in [-0.05, 0) is 24.6 Å². The highest BCUT2D eigenvalue weighted by Gasteiger charge is 2.10. The molecule has 6 heteroatoms. The zero-order chi connectivity index (χ0) is 13.8. The molecule has 1 aromatic heterocycles. The smallest absolute Gasteiger partial charge is 0.255 e. The van der Waals surface area contributed by atoms with Crippen molar-refractivity contribution < 1.29 is 9.90 Å². The molecule has 0 atom stereocenters. The molecule has 0 aliphatic rings. The van der Waals surface area contributed by atoms with Gasteiger partial charge in [0.25, 0.3) is 5.91 Å². The molecule has 0 saturated heterocycles. The molecule has 0 fully saturated rings. The van der Waals surface area contributed by atoms with Gasteiger partial charge >= 0.3 is 0 Å². The van der Waals surface area contributed by atoms with Gasteiger partial charge in [-0.3, -0.25) is 9.48 Å². The van der Waals surface area contributed by atoms with Gasteiger partial charge in [0, 0.05) is 20.0 Å². The van der Waals surface area contributed by atoms with E-state index in [-0.39, 0.29) is 17.2 Å². The fraction of sp³-hybridized carbons (Fsp3) is 0.308. The van der Waals surface area contributed by atoms with Crippen molar-refractivity contribution in [2.45, 2.75) is 13.3 Å². The summed E-state index contributed by atoms with van der Waals surface area (Å²) in [6.45, 7) is 2.28. The molecule has 19 heavy (non-hydrogen) atoms. The zero-order valence-corrected chi connectivity index (χ0v) is 10.9. The quantitative estimate of drug-likeness (QED) is 0.852. The number of rotatable bonds is 4. The van der Waals surface area contributed by atoms with Crippen molar-refractivity contribution in [3.8, 4) is 5.75 Å². The number of nitrogens with zero attached hydrogens (tertiary/aromatic N) is 3. The standard InChI is InChI=1S/C13H16N4O2/c1-9-3-4-10(11(18)7-9)13(19)14-6-5-12-15-8-17(2)16-12/h3-4,7-8,18H,5-6H2,1-2H3,(H,14,19). The Bertz CT molecular complexity index is 592. The molecular weight excluding hydrogens is 244 g/mol. The highest BCUT2D eigenvalue weighted by molar-refractivity contribution is 5.96. The van der Waals surface area contributed by atoms with Crippen LogP contribution in [0.1, 0.15) is 21.7 Å². The van der Waals surface area contributed by atoms with Crippen molar-refractivity contribution in [1.29, 1.82) is 0 Å². The lowest BCUT2D eigenvalue weighted by Crippen LogP contribution is -2.26. The van der Waals surface area contributed by atoms with Crippen LogP contribution >= 0.6 is 0 Å². The summed E-state index contributed by atoms with van der Waals surface area (Å²) in [7, 11) is 1.79.